The van der Waals surface area contributed by atoms with Gasteiger partial charge in [-0.3, -0.25) is 0 Å². The fraction of sp³-hybridized carbons (Fsp3) is 0.600. The van der Waals surface area contributed by atoms with E-state index in [1.165, 1.54) is 0 Å². The SMILES string of the molecule is CC(C)(C)c1cc(F)cc(NC2CCOCC2)c1. The van der Waals surface area contributed by atoms with E-state index in [4.69, 9.17) is 4.74 Å². The lowest BCUT2D eigenvalue weighted by Crippen LogP contribution is -2.28. The van der Waals surface area contributed by atoms with Crippen LogP contribution < -0.4 is 5.32 Å². The number of halogens is 1. The van der Waals surface area contributed by atoms with Crippen LogP contribution in [0.25, 0.3) is 0 Å². The summed E-state index contributed by atoms with van der Waals surface area (Å²) in [5.41, 5.74) is 1.87. The first-order chi connectivity index (χ1) is 8.45. The minimum atomic E-state index is -0.169. The maximum Gasteiger partial charge on any atom is 0.125 e. The van der Waals surface area contributed by atoms with Crippen molar-refractivity contribution in [3.63, 3.8) is 0 Å². The van der Waals surface area contributed by atoms with Crippen molar-refractivity contribution >= 4 is 5.69 Å². The van der Waals surface area contributed by atoms with Crippen LogP contribution in [0.3, 0.4) is 0 Å². The Kier molecular flexibility index (Phi) is 3.91. The predicted octanol–water partition coefficient (Wildman–Crippen LogP) is 3.71. The highest BCUT2D eigenvalue weighted by Crippen LogP contribution is 2.27. The van der Waals surface area contributed by atoms with Crippen LogP contribution in [0.4, 0.5) is 10.1 Å². The zero-order chi connectivity index (χ0) is 13.2. The summed E-state index contributed by atoms with van der Waals surface area (Å²) in [7, 11) is 0. The molecule has 1 aliphatic heterocycles. The Bertz CT molecular complexity index is 405. The van der Waals surface area contributed by atoms with E-state index in [0.29, 0.717) is 6.04 Å². The first-order valence-electron chi connectivity index (χ1n) is 6.60. The summed E-state index contributed by atoms with van der Waals surface area (Å²) in [5, 5.41) is 3.41. The lowest BCUT2D eigenvalue weighted by molar-refractivity contribution is 0.0904. The quantitative estimate of drug-likeness (QED) is 0.865. The van der Waals surface area contributed by atoms with Gasteiger partial charge in [-0.2, -0.15) is 0 Å². The van der Waals surface area contributed by atoms with Crippen molar-refractivity contribution in [3.8, 4) is 0 Å². The predicted molar refractivity (Wildman–Crippen MR) is 72.6 cm³/mol. The highest BCUT2D eigenvalue weighted by atomic mass is 19.1. The molecular weight excluding hydrogens is 229 g/mol. The zero-order valence-electron chi connectivity index (χ0n) is 11.4. The highest BCUT2D eigenvalue weighted by molar-refractivity contribution is 5.48. The standard InChI is InChI=1S/C15H22FNO/c1-15(2,3)11-8-12(16)10-14(9-11)17-13-4-6-18-7-5-13/h8-10,13,17H,4-7H2,1-3H3. The highest BCUT2D eigenvalue weighted by Gasteiger charge is 2.17. The van der Waals surface area contributed by atoms with Crippen LogP contribution in [-0.2, 0) is 10.2 Å². The molecule has 1 fully saturated rings. The number of anilines is 1. The van der Waals surface area contributed by atoms with Crippen LogP contribution in [0, 0.1) is 5.82 Å². The van der Waals surface area contributed by atoms with Crippen LogP contribution >= 0.6 is 0 Å². The van der Waals surface area contributed by atoms with Gasteiger partial charge in [0, 0.05) is 24.9 Å². The minimum absolute atomic E-state index is 0.0335. The molecule has 0 atom stereocenters. The van der Waals surface area contributed by atoms with Gasteiger partial charge in [-0.25, -0.2) is 4.39 Å². The molecule has 0 amide bonds. The molecular formula is C15H22FNO. The van der Waals surface area contributed by atoms with E-state index in [1.54, 1.807) is 12.1 Å². The molecule has 1 saturated heterocycles. The van der Waals surface area contributed by atoms with Crippen molar-refractivity contribution in [3.05, 3.63) is 29.6 Å². The topological polar surface area (TPSA) is 21.3 Å². The van der Waals surface area contributed by atoms with Gasteiger partial charge in [0.25, 0.3) is 0 Å². The molecule has 0 bridgehead atoms. The largest absolute Gasteiger partial charge is 0.382 e. The van der Waals surface area contributed by atoms with Crippen LogP contribution in [0.5, 0.6) is 0 Å². The minimum Gasteiger partial charge on any atom is -0.382 e. The summed E-state index contributed by atoms with van der Waals surface area (Å²) < 4.78 is 19.0. The second-order valence-electron chi connectivity index (χ2n) is 6.01. The molecule has 1 N–H and O–H groups in total. The summed E-state index contributed by atoms with van der Waals surface area (Å²) in [4.78, 5) is 0. The number of ether oxygens (including phenoxy) is 1. The van der Waals surface area contributed by atoms with Crippen molar-refractivity contribution in [1.29, 1.82) is 0 Å². The maximum absolute atomic E-state index is 13.6. The molecule has 0 spiro atoms. The van der Waals surface area contributed by atoms with Gasteiger partial charge in [0.15, 0.2) is 0 Å². The molecule has 1 aromatic carbocycles. The number of nitrogens with one attached hydrogen (secondary N) is 1. The van der Waals surface area contributed by atoms with E-state index in [2.05, 4.69) is 32.2 Å². The van der Waals surface area contributed by atoms with Crippen molar-refractivity contribution in [2.75, 3.05) is 18.5 Å². The maximum atomic E-state index is 13.6. The molecule has 0 radical (unpaired) electrons. The third kappa shape index (κ3) is 3.45. The number of hydrogen-bond donors (Lipinski definition) is 1. The first-order valence-corrected chi connectivity index (χ1v) is 6.60. The van der Waals surface area contributed by atoms with E-state index < -0.39 is 0 Å². The average Bonchev–Trinajstić information content (AvgIpc) is 2.28. The lowest BCUT2D eigenvalue weighted by atomic mass is 9.86. The van der Waals surface area contributed by atoms with Gasteiger partial charge in [-0.1, -0.05) is 20.8 Å². The monoisotopic (exact) mass is 251 g/mol. The van der Waals surface area contributed by atoms with Crippen molar-refractivity contribution in [2.24, 2.45) is 0 Å². The van der Waals surface area contributed by atoms with Gasteiger partial charge >= 0.3 is 0 Å². The second-order valence-corrected chi connectivity index (χ2v) is 6.01. The Hall–Kier alpha value is -1.09. The summed E-state index contributed by atoms with van der Waals surface area (Å²) in [6.07, 6.45) is 1.97. The Morgan fingerprint density at radius 3 is 2.44 bits per heavy atom. The Morgan fingerprint density at radius 1 is 1.17 bits per heavy atom. The summed E-state index contributed by atoms with van der Waals surface area (Å²) in [6, 6.07) is 5.65. The molecule has 0 aromatic heterocycles. The molecule has 3 heteroatoms. The number of rotatable bonds is 2. The van der Waals surface area contributed by atoms with Crippen LogP contribution in [-0.4, -0.2) is 19.3 Å². The average molecular weight is 251 g/mol. The molecule has 0 saturated carbocycles. The molecule has 100 valence electrons. The van der Waals surface area contributed by atoms with Crippen molar-refractivity contribution in [2.45, 2.75) is 45.1 Å². The van der Waals surface area contributed by atoms with E-state index in [-0.39, 0.29) is 11.2 Å². The fourth-order valence-corrected chi connectivity index (χ4v) is 2.18. The zero-order valence-corrected chi connectivity index (χ0v) is 11.4. The summed E-state index contributed by atoms with van der Waals surface area (Å²) >= 11 is 0. The molecule has 1 aromatic rings. The summed E-state index contributed by atoms with van der Waals surface area (Å²) in [6.45, 7) is 7.87. The van der Waals surface area contributed by atoms with Crippen LogP contribution in [0.1, 0.15) is 39.2 Å². The van der Waals surface area contributed by atoms with E-state index in [9.17, 15) is 4.39 Å². The molecule has 18 heavy (non-hydrogen) atoms. The molecule has 1 aliphatic rings. The van der Waals surface area contributed by atoms with Gasteiger partial charge in [0.05, 0.1) is 0 Å². The number of benzene rings is 1. The number of hydrogen-bond acceptors (Lipinski definition) is 2. The normalized spacial score (nSPS) is 17.8. The van der Waals surface area contributed by atoms with Crippen molar-refractivity contribution in [1.82, 2.24) is 0 Å². The Morgan fingerprint density at radius 2 is 1.83 bits per heavy atom. The Labute approximate surface area is 109 Å². The smallest absolute Gasteiger partial charge is 0.125 e. The molecule has 0 unspecified atom stereocenters. The van der Waals surface area contributed by atoms with Gasteiger partial charge in [-0.15, -0.1) is 0 Å². The van der Waals surface area contributed by atoms with Gasteiger partial charge in [0.2, 0.25) is 0 Å². The van der Waals surface area contributed by atoms with Gasteiger partial charge in [0.1, 0.15) is 5.82 Å². The third-order valence-corrected chi connectivity index (χ3v) is 3.36. The van der Waals surface area contributed by atoms with E-state index in [0.717, 1.165) is 37.3 Å². The summed E-state index contributed by atoms with van der Waals surface area (Å²) in [5.74, 6) is -0.169. The first kappa shape index (κ1) is 13.3. The van der Waals surface area contributed by atoms with E-state index >= 15 is 0 Å². The lowest BCUT2D eigenvalue weighted by Gasteiger charge is -2.26. The van der Waals surface area contributed by atoms with Gasteiger partial charge < -0.3 is 10.1 Å². The third-order valence-electron chi connectivity index (χ3n) is 3.36. The van der Waals surface area contributed by atoms with E-state index in [1.807, 2.05) is 0 Å². The molecule has 2 nitrogen and oxygen atoms in total. The van der Waals surface area contributed by atoms with Gasteiger partial charge in [-0.05, 0) is 42.0 Å². The molecule has 2 rings (SSSR count). The Balaban J connectivity index is 2.14. The van der Waals surface area contributed by atoms with Crippen LogP contribution in [0.15, 0.2) is 18.2 Å². The van der Waals surface area contributed by atoms with Crippen LogP contribution in [0.2, 0.25) is 0 Å². The second kappa shape index (κ2) is 5.27. The molecule has 1 heterocycles. The van der Waals surface area contributed by atoms with Crippen molar-refractivity contribution < 1.29 is 9.13 Å². The molecule has 0 aliphatic carbocycles. The fourth-order valence-electron chi connectivity index (χ4n) is 2.18.